The molecule has 2 rings (SSSR count). The number of nitrogens with zero attached hydrogens (tertiary/aromatic N) is 1. The van der Waals surface area contributed by atoms with Crippen molar-refractivity contribution in [3.05, 3.63) is 28.7 Å². The molecule has 0 fully saturated rings. The zero-order valence-electron chi connectivity index (χ0n) is 6.16. The number of aromatic amines is 1. The molecule has 0 spiro atoms. The first-order valence-electron chi connectivity index (χ1n) is 3.40. The highest BCUT2D eigenvalue weighted by atomic mass is 32.1. The van der Waals surface area contributed by atoms with Gasteiger partial charge in [0.05, 0.1) is 6.20 Å². The van der Waals surface area contributed by atoms with Crippen LogP contribution in [-0.4, -0.2) is 10.2 Å². The number of rotatable bonds is 1. The van der Waals surface area contributed by atoms with Gasteiger partial charge in [0, 0.05) is 11.8 Å². The monoisotopic (exact) mass is 164 g/mol. The molecule has 1 N–H and O–H groups in total. The average molecular weight is 164 g/mol. The minimum atomic E-state index is 1.17. The summed E-state index contributed by atoms with van der Waals surface area (Å²) in [6.45, 7) is 2.11. The number of nitrogens with one attached hydrogen (secondary N) is 1. The van der Waals surface area contributed by atoms with Crippen LogP contribution >= 0.6 is 11.3 Å². The van der Waals surface area contributed by atoms with Crippen molar-refractivity contribution in [3.8, 4) is 11.1 Å². The lowest BCUT2D eigenvalue weighted by Gasteiger charge is -1.91. The standard InChI is InChI=1S/C8H8N2S/c1-6-4-11-5-8(6)7-2-9-10-3-7/h2-5H,1H3,(H,9,10). The molecule has 0 atom stereocenters. The second-order valence-electron chi connectivity index (χ2n) is 2.46. The van der Waals surface area contributed by atoms with E-state index in [0.717, 1.165) is 0 Å². The highest BCUT2D eigenvalue weighted by Crippen LogP contribution is 2.25. The second-order valence-corrected chi connectivity index (χ2v) is 3.20. The number of thiophene rings is 1. The van der Waals surface area contributed by atoms with Gasteiger partial charge in [-0.3, -0.25) is 5.10 Å². The summed E-state index contributed by atoms with van der Waals surface area (Å²) in [6, 6.07) is 0. The van der Waals surface area contributed by atoms with Crippen LogP contribution in [0.25, 0.3) is 11.1 Å². The summed E-state index contributed by atoms with van der Waals surface area (Å²) >= 11 is 1.72. The lowest BCUT2D eigenvalue weighted by molar-refractivity contribution is 1.09. The van der Waals surface area contributed by atoms with E-state index in [2.05, 4.69) is 27.9 Å². The molecule has 0 unspecified atom stereocenters. The Morgan fingerprint density at radius 3 is 2.91 bits per heavy atom. The fraction of sp³-hybridized carbons (Fsp3) is 0.125. The minimum Gasteiger partial charge on any atom is -0.285 e. The summed E-state index contributed by atoms with van der Waals surface area (Å²) in [5.74, 6) is 0. The first kappa shape index (κ1) is 6.61. The van der Waals surface area contributed by atoms with Gasteiger partial charge in [-0.2, -0.15) is 16.4 Å². The zero-order chi connectivity index (χ0) is 7.68. The summed E-state index contributed by atoms with van der Waals surface area (Å²) < 4.78 is 0. The summed E-state index contributed by atoms with van der Waals surface area (Å²) in [7, 11) is 0. The van der Waals surface area contributed by atoms with Crippen molar-refractivity contribution in [2.45, 2.75) is 6.92 Å². The van der Waals surface area contributed by atoms with Crippen molar-refractivity contribution in [2.75, 3.05) is 0 Å². The van der Waals surface area contributed by atoms with Gasteiger partial charge in [-0.05, 0) is 28.8 Å². The van der Waals surface area contributed by atoms with Crippen LogP contribution in [0.2, 0.25) is 0 Å². The third-order valence-electron chi connectivity index (χ3n) is 1.66. The van der Waals surface area contributed by atoms with E-state index in [4.69, 9.17) is 0 Å². The lowest BCUT2D eigenvalue weighted by atomic mass is 10.1. The number of hydrogen-bond donors (Lipinski definition) is 1. The molecular weight excluding hydrogens is 156 g/mol. The molecule has 0 amide bonds. The summed E-state index contributed by atoms with van der Waals surface area (Å²) in [5, 5.41) is 11.0. The molecule has 0 bridgehead atoms. The van der Waals surface area contributed by atoms with E-state index in [0.29, 0.717) is 0 Å². The van der Waals surface area contributed by atoms with Gasteiger partial charge in [0.15, 0.2) is 0 Å². The van der Waals surface area contributed by atoms with E-state index >= 15 is 0 Å². The van der Waals surface area contributed by atoms with Gasteiger partial charge in [-0.1, -0.05) is 0 Å². The van der Waals surface area contributed by atoms with E-state index in [1.165, 1.54) is 16.7 Å². The Morgan fingerprint density at radius 1 is 1.45 bits per heavy atom. The third kappa shape index (κ3) is 1.07. The highest BCUT2D eigenvalue weighted by Gasteiger charge is 2.01. The molecule has 2 aromatic heterocycles. The molecule has 2 heterocycles. The van der Waals surface area contributed by atoms with Gasteiger partial charge in [-0.15, -0.1) is 0 Å². The fourth-order valence-electron chi connectivity index (χ4n) is 1.05. The Balaban J connectivity index is 2.53. The Kier molecular flexibility index (Phi) is 1.51. The maximum atomic E-state index is 3.90. The molecule has 11 heavy (non-hydrogen) atoms. The summed E-state index contributed by atoms with van der Waals surface area (Å²) in [4.78, 5) is 0. The number of H-pyrrole nitrogens is 1. The molecule has 2 nitrogen and oxygen atoms in total. The molecule has 0 aliphatic heterocycles. The summed E-state index contributed by atoms with van der Waals surface area (Å²) in [6.07, 6.45) is 3.75. The van der Waals surface area contributed by atoms with Gasteiger partial charge < -0.3 is 0 Å². The van der Waals surface area contributed by atoms with Crippen LogP contribution in [0, 0.1) is 6.92 Å². The van der Waals surface area contributed by atoms with Crippen molar-refractivity contribution in [1.29, 1.82) is 0 Å². The van der Waals surface area contributed by atoms with E-state index < -0.39 is 0 Å². The Labute approximate surface area is 68.9 Å². The predicted molar refractivity (Wildman–Crippen MR) is 46.6 cm³/mol. The largest absolute Gasteiger partial charge is 0.285 e. The van der Waals surface area contributed by atoms with Crippen molar-refractivity contribution >= 4 is 11.3 Å². The van der Waals surface area contributed by atoms with Gasteiger partial charge in [0.2, 0.25) is 0 Å². The fourth-order valence-corrected chi connectivity index (χ4v) is 1.91. The Hall–Kier alpha value is -1.09. The molecule has 0 aliphatic carbocycles. The molecule has 56 valence electrons. The Bertz CT molecular complexity index is 335. The number of aryl methyl sites for hydroxylation is 1. The summed E-state index contributed by atoms with van der Waals surface area (Å²) in [5.41, 5.74) is 3.77. The molecule has 0 saturated carbocycles. The Morgan fingerprint density at radius 2 is 2.36 bits per heavy atom. The highest BCUT2D eigenvalue weighted by molar-refractivity contribution is 7.08. The second kappa shape index (κ2) is 2.51. The van der Waals surface area contributed by atoms with Crippen molar-refractivity contribution in [3.63, 3.8) is 0 Å². The lowest BCUT2D eigenvalue weighted by Crippen LogP contribution is -1.70. The van der Waals surface area contributed by atoms with Crippen molar-refractivity contribution in [2.24, 2.45) is 0 Å². The quantitative estimate of drug-likeness (QED) is 0.689. The SMILES string of the molecule is Cc1cscc1-c1cn[nH]c1. The van der Waals surface area contributed by atoms with Crippen LogP contribution in [0.15, 0.2) is 23.2 Å². The number of aromatic nitrogens is 2. The van der Waals surface area contributed by atoms with Crippen molar-refractivity contribution < 1.29 is 0 Å². The van der Waals surface area contributed by atoms with Crippen LogP contribution in [0.1, 0.15) is 5.56 Å². The number of hydrogen-bond acceptors (Lipinski definition) is 2. The van der Waals surface area contributed by atoms with Crippen LogP contribution in [0.5, 0.6) is 0 Å². The smallest absolute Gasteiger partial charge is 0.0566 e. The molecule has 0 aliphatic rings. The molecule has 3 heteroatoms. The van der Waals surface area contributed by atoms with Gasteiger partial charge in [0.25, 0.3) is 0 Å². The maximum absolute atomic E-state index is 3.90. The van der Waals surface area contributed by atoms with Crippen molar-refractivity contribution in [1.82, 2.24) is 10.2 Å². The molecule has 2 aromatic rings. The molecular formula is C8H8N2S. The normalized spacial score (nSPS) is 10.3. The molecule has 0 radical (unpaired) electrons. The van der Waals surface area contributed by atoms with E-state index in [9.17, 15) is 0 Å². The van der Waals surface area contributed by atoms with Gasteiger partial charge in [0.1, 0.15) is 0 Å². The maximum Gasteiger partial charge on any atom is 0.0566 e. The average Bonchev–Trinajstić information content (AvgIpc) is 2.55. The third-order valence-corrected chi connectivity index (χ3v) is 2.53. The van der Waals surface area contributed by atoms with Crippen LogP contribution in [0.4, 0.5) is 0 Å². The first-order valence-corrected chi connectivity index (χ1v) is 4.34. The zero-order valence-corrected chi connectivity index (χ0v) is 6.98. The van der Waals surface area contributed by atoms with E-state index in [1.807, 2.05) is 12.4 Å². The predicted octanol–water partition coefficient (Wildman–Crippen LogP) is 2.45. The molecule has 0 saturated heterocycles. The van der Waals surface area contributed by atoms with Gasteiger partial charge in [-0.25, -0.2) is 0 Å². The van der Waals surface area contributed by atoms with E-state index in [1.54, 1.807) is 11.3 Å². The van der Waals surface area contributed by atoms with Crippen LogP contribution in [-0.2, 0) is 0 Å². The first-order chi connectivity index (χ1) is 5.38. The van der Waals surface area contributed by atoms with Crippen LogP contribution in [0.3, 0.4) is 0 Å². The van der Waals surface area contributed by atoms with Gasteiger partial charge >= 0.3 is 0 Å². The minimum absolute atomic E-state index is 1.17. The van der Waals surface area contributed by atoms with E-state index in [-0.39, 0.29) is 0 Å². The topological polar surface area (TPSA) is 28.7 Å². The van der Waals surface area contributed by atoms with Crippen LogP contribution < -0.4 is 0 Å². The molecule has 0 aromatic carbocycles.